The van der Waals surface area contributed by atoms with Gasteiger partial charge in [-0.05, 0) is 43.9 Å². The number of rotatable bonds is 3. The molecule has 1 aromatic carbocycles. The number of nitrogens with zero attached hydrogens (tertiary/aromatic N) is 1. The summed E-state index contributed by atoms with van der Waals surface area (Å²) in [5.41, 5.74) is 5.39. The van der Waals surface area contributed by atoms with E-state index in [9.17, 15) is 13.6 Å². The highest BCUT2D eigenvalue weighted by Crippen LogP contribution is 2.21. The Hall–Kier alpha value is -1.69. The summed E-state index contributed by atoms with van der Waals surface area (Å²) in [5.74, 6) is -0.670. The molecule has 0 spiro atoms. The number of nitrogens with one attached hydrogen (secondary N) is 1. The number of amides is 2. The molecule has 1 saturated heterocycles. The minimum absolute atomic E-state index is 0.126. The second-order valence-electron chi connectivity index (χ2n) is 5.06. The normalized spacial score (nSPS) is 16.2. The highest BCUT2D eigenvalue weighted by molar-refractivity contribution is 5.89. The Morgan fingerprint density at radius 2 is 2.05 bits per heavy atom. The summed E-state index contributed by atoms with van der Waals surface area (Å²) in [5, 5.41) is 2.41. The number of hydrogen-bond donors (Lipinski definition) is 2. The first-order chi connectivity index (χ1) is 9.60. The van der Waals surface area contributed by atoms with Gasteiger partial charge in [0, 0.05) is 19.2 Å². The molecule has 0 bridgehead atoms. The average Bonchev–Trinajstić information content (AvgIpc) is 2.44. The van der Waals surface area contributed by atoms with Gasteiger partial charge in [0.1, 0.15) is 11.6 Å². The summed E-state index contributed by atoms with van der Waals surface area (Å²) in [6, 6.07) is 2.61. The van der Waals surface area contributed by atoms with Gasteiger partial charge in [-0.2, -0.15) is 0 Å². The van der Waals surface area contributed by atoms with Crippen LogP contribution in [0.2, 0.25) is 0 Å². The Labute approximate surface area is 116 Å². The van der Waals surface area contributed by atoms with Crippen molar-refractivity contribution in [1.29, 1.82) is 0 Å². The maximum atomic E-state index is 13.4. The number of nitrogens with two attached hydrogens (primary N) is 1. The summed E-state index contributed by atoms with van der Waals surface area (Å²) in [7, 11) is 0. The van der Waals surface area contributed by atoms with E-state index in [0.717, 1.165) is 37.5 Å². The molecule has 1 aliphatic heterocycles. The minimum atomic E-state index is -0.641. The highest BCUT2D eigenvalue weighted by Gasteiger charge is 2.22. The predicted molar refractivity (Wildman–Crippen MR) is 73.3 cm³/mol. The number of carbonyl (C=O) groups excluding carboxylic acids is 1. The fourth-order valence-electron chi connectivity index (χ4n) is 2.45. The molecule has 20 heavy (non-hydrogen) atoms. The lowest BCUT2D eigenvalue weighted by molar-refractivity contribution is 0.180. The van der Waals surface area contributed by atoms with Gasteiger partial charge in [-0.15, -0.1) is 0 Å². The topological polar surface area (TPSA) is 58.4 Å². The smallest absolute Gasteiger partial charge is 0.321 e. The Bertz CT molecular complexity index is 473. The number of likely N-dealkylation sites (tertiary alicyclic amines) is 1. The number of carbonyl (C=O) groups is 1. The average molecular weight is 283 g/mol. The van der Waals surface area contributed by atoms with Gasteiger partial charge in [0.05, 0.1) is 5.69 Å². The molecule has 0 aliphatic carbocycles. The Balaban J connectivity index is 1.91. The monoisotopic (exact) mass is 283 g/mol. The van der Waals surface area contributed by atoms with Gasteiger partial charge in [-0.25, -0.2) is 13.6 Å². The molecule has 0 radical (unpaired) electrons. The molecule has 1 aliphatic rings. The van der Waals surface area contributed by atoms with Crippen LogP contribution in [0.25, 0.3) is 0 Å². The molecule has 1 heterocycles. The quantitative estimate of drug-likeness (QED) is 0.895. The third-order valence-electron chi connectivity index (χ3n) is 3.65. The molecule has 2 rings (SSSR count). The molecular weight excluding hydrogens is 264 g/mol. The van der Waals surface area contributed by atoms with E-state index in [-0.39, 0.29) is 11.7 Å². The zero-order chi connectivity index (χ0) is 14.5. The largest absolute Gasteiger partial charge is 0.330 e. The van der Waals surface area contributed by atoms with Crippen LogP contribution in [-0.2, 0) is 0 Å². The summed E-state index contributed by atoms with van der Waals surface area (Å²) in [6.07, 6.45) is 2.76. The van der Waals surface area contributed by atoms with Crippen LogP contribution in [0.4, 0.5) is 19.3 Å². The molecule has 6 heteroatoms. The lowest BCUT2D eigenvalue weighted by Gasteiger charge is -2.31. The number of piperidine rings is 1. The van der Waals surface area contributed by atoms with Crippen LogP contribution in [0.1, 0.15) is 19.3 Å². The Morgan fingerprint density at radius 3 is 2.70 bits per heavy atom. The number of hydrogen-bond acceptors (Lipinski definition) is 2. The van der Waals surface area contributed by atoms with Crippen molar-refractivity contribution in [3.63, 3.8) is 0 Å². The molecular formula is C14H19F2N3O. The van der Waals surface area contributed by atoms with Crippen LogP contribution < -0.4 is 11.1 Å². The van der Waals surface area contributed by atoms with Gasteiger partial charge in [0.25, 0.3) is 0 Å². The number of urea groups is 1. The van der Waals surface area contributed by atoms with E-state index in [2.05, 4.69) is 5.32 Å². The van der Waals surface area contributed by atoms with Crippen molar-refractivity contribution in [2.75, 3.05) is 25.0 Å². The molecule has 110 valence electrons. The van der Waals surface area contributed by atoms with E-state index in [0.29, 0.717) is 25.6 Å². The second kappa shape index (κ2) is 6.65. The highest BCUT2D eigenvalue weighted by atomic mass is 19.1. The van der Waals surface area contributed by atoms with E-state index < -0.39 is 11.6 Å². The maximum absolute atomic E-state index is 13.4. The molecule has 3 N–H and O–H groups in total. The van der Waals surface area contributed by atoms with E-state index in [1.165, 1.54) is 0 Å². The summed E-state index contributed by atoms with van der Waals surface area (Å²) in [4.78, 5) is 13.6. The van der Waals surface area contributed by atoms with E-state index >= 15 is 0 Å². The van der Waals surface area contributed by atoms with Crippen LogP contribution in [0, 0.1) is 17.6 Å². The van der Waals surface area contributed by atoms with Crippen molar-refractivity contribution in [2.45, 2.75) is 19.3 Å². The summed E-state index contributed by atoms with van der Waals surface area (Å²) < 4.78 is 26.5. The van der Waals surface area contributed by atoms with Crippen molar-refractivity contribution in [3.8, 4) is 0 Å². The van der Waals surface area contributed by atoms with E-state index in [1.54, 1.807) is 4.90 Å². The zero-order valence-corrected chi connectivity index (χ0v) is 11.2. The van der Waals surface area contributed by atoms with Crippen LogP contribution in [0.3, 0.4) is 0 Å². The third kappa shape index (κ3) is 3.66. The number of halogens is 2. The molecule has 0 aromatic heterocycles. The molecule has 1 fully saturated rings. The van der Waals surface area contributed by atoms with Crippen molar-refractivity contribution in [3.05, 3.63) is 29.8 Å². The lowest BCUT2D eigenvalue weighted by Crippen LogP contribution is -2.41. The fourth-order valence-corrected chi connectivity index (χ4v) is 2.45. The van der Waals surface area contributed by atoms with Crippen molar-refractivity contribution in [1.82, 2.24) is 4.90 Å². The molecule has 0 unspecified atom stereocenters. The van der Waals surface area contributed by atoms with E-state index in [4.69, 9.17) is 5.73 Å². The predicted octanol–water partition coefficient (Wildman–Crippen LogP) is 2.56. The van der Waals surface area contributed by atoms with Gasteiger partial charge in [0.2, 0.25) is 0 Å². The molecule has 1 aromatic rings. The van der Waals surface area contributed by atoms with Crippen molar-refractivity contribution in [2.24, 2.45) is 11.7 Å². The van der Waals surface area contributed by atoms with Crippen LogP contribution >= 0.6 is 0 Å². The SMILES string of the molecule is NCCC1CCN(C(=O)Nc2cc(F)ccc2F)CC1. The van der Waals surface area contributed by atoms with Crippen LogP contribution in [-0.4, -0.2) is 30.6 Å². The van der Waals surface area contributed by atoms with Gasteiger partial charge < -0.3 is 16.0 Å². The van der Waals surface area contributed by atoms with Crippen molar-refractivity contribution >= 4 is 11.7 Å². The fraction of sp³-hybridized carbons (Fsp3) is 0.500. The van der Waals surface area contributed by atoms with Gasteiger partial charge in [-0.3, -0.25) is 0 Å². The first kappa shape index (κ1) is 14.7. The van der Waals surface area contributed by atoms with Crippen LogP contribution in [0.5, 0.6) is 0 Å². The first-order valence-electron chi connectivity index (χ1n) is 6.81. The van der Waals surface area contributed by atoms with Gasteiger partial charge in [0.15, 0.2) is 0 Å². The molecule has 2 amide bonds. The maximum Gasteiger partial charge on any atom is 0.321 e. The standard InChI is InChI=1S/C14H19F2N3O/c15-11-1-2-12(16)13(9-11)18-14(20)19-7-4-10(3-6-17)5-8-19/h1-2,9-10H,3-8,17H2,(H,18,20). The second-order valence-corrected chi connectivity index (χ2v) is 5.06. The Morgan fingerprint density at radius 1 is 1.35 bits per heavy atom. The lowest BCUT2D eigenvalue weighted by atomic mass is 9.94. The first-order valence-corrected chi connectivity index (χ1v) is 6.81. The zero-order valence-electron chi connectivity index (χ0n) is 11.2. The molecule has 0 atom stereocenters. The molecule has 4 nitrogen and oxygen atoms in total. The minimum Gasteiger partial charge on any atom is -0.330 e. The molecule has 0 saturated carbocycles. The van der Waals surface area contributed by atoms with Crippen molar-refractivity contribution < 1.29 is 13.6 Å². The number of benzene rings is 1. The van der Waals surface area contributed by atoms with Gasteiger partial charge >= 0.3 is 6.03 Å². The van der Waals surface area contributed by atoms with Gasteiger partial charge in [-0.1, -0.05) is 0 Å². The van der Waals surface area contributed by atoms with E-state index in [1.807, 2.05) is 0 Å². The van der Waals surface area contributed by atoms with Crippen LogP contribution in [0.15, 0.2) is 18.2 Å². The summed E-state index contributed by atoms with van der Waals surface area (Å²) in [6.45, 7) is 1.90. The summed E-state index contributed by atoms with van der Waals surface area (Å²) >= 11 is 0. The third-order valence-corrected chi connectivity index (χ3v) is 3.65. The Kier molecular flexibility index (Phi) is 4.89. The number of anilines is 1.